The van der Waals surface area contributed by atoms with Gasteiger partial charge in [0.25, 0.3) is 0 Å². The van der Waals surface area contributed by atoms with Crippen LogP contribution < -0.4 is 0 Å². The summed E-state index contributed by atoms with van der Waals surface area (Å²) in [6.45, 7) is 28.7. The lowest BCUT2D eigenvalue weighted by molar-refractivity contribution is 0.299. The Kier molecular flexibility index (Phi) is 20.7. The van der Waals surface area contributed by atoms with E-state index in [4.69, 9.17) is 34.3 Å². The van der Waals surface area contributed by atoms with Crippen molar-refractivity contribution in [3.63, 3.8) is 0 Å². The zero-order chi connectivity index (χ0) is 95.3. The van der Waals surface area contributed by atoms with E-state index in [0.29, 0.717) is 0 Å². The van der Waals surface area contributed by atoms with Gasteiger partial charge >= 0.3 is 0 Å². The third kappa shape index (κ3) is 14.4. The number of thiophene rings is 1. The van der Waals surface area contributed by atoms with Gasteiger partial charge in [-0.25, -0.2) is 29.9 Å². The van der Waals surface area contributed by atoms with Crippen molar-refractivity contribution in [2.24, 2.45) is 0 Å². The minimum atomic E-state index is -0.154. The summed E-state index contributed by atoms with van der Waals surface area (Å²) in [5.74, 6) is 0. The van der Waals surface area contributed by atoms with Crippen LogP contribution in [0, 0.1) is 0 Å². The van der Waals surface area contributed by atoms with Crippen LogP contribution in [0.25, 0.3) is 221 Å². The van der Waals surface area contributed by atoms with E-state index in [9.17, 15) is 0 Å². The molecule has 23 aromatic rings. The second kappa shape index (κ2) is 33.4. The van der Waals surface area contributed by atoms with Gasteiger partial charge in [0, 0.05) is 64.3 Å². The molecule has 0 N–H and O–H groups in total. The molecule has 3 aliphatic carbocycles. The van der Waals surface area contributed by atoms with Crippen LogP contribution in [0.5, 0.6) is 0 Å². The zero-order valence-corrected chi connectivity index (χ0v) is 81.6. The van der Waals surface area contributed by atoms with Gasteiger partial charge in [0.05, 0.1) is 67.3 Å². The maximum absolute atomic E-state index is 6.29. The van der Waals surface area contributed by atoms with Gasteiger partial charge in [-0.05, 0) is 247 Å². The number of fused-ring (bicyclic) bond motifs is 18. The number of hydrogen-bond donors (Lipinski definition) is 0. The lowest BCUT2D eigenvalue weighted by Crippen LogP contribution is -2.43. The predicted molar refractivity (Wildman–Crippen MR) is 588 cm³/mol. The molecule has 0 amide bonds. The van der Waals surface area contributed by atoms with E-state index in [-0.39, 0.29) is 32.5 Å². The molecule has 5 heterocycles. The van der Waals surface area contributed by atoms with E-state index in [1.54, 1.807) is 0 Å². The molecule has 0 fully saturated rings. The first-order chi connectivity index (χ1) is 67.9. The Balaban J connectivity index is 0.000000114. The van der Waals surface area contributed by atoms with E-state index in [1.807, 2.05) is 78.1 Å². The highest BCUT2D eigenvalue weighted by Gasteiger charge is 2.50. The minimum Gasteiger partial charge on any atom is -0.456 e. The Morgan fingerprint density at radius 3 is 0.736 bits per heavy atom. The molecule has 140 heavy (non-hydrogen) atoms. The van der Waals surface area contributed by atoms with Crippen LogP contribution in [-0.4, -0.2) is 29.9 Å². The van der Waals surface area contributed by atoms with Crippen molar-refractivity contribution in [1.29, 1.82) is 0 Å². The fourth-order valence-electron chi connectivity index (χ4n) is 22.1. The highest BCUT2D eigenvalue weighted by atomic mass is 32.1. The molecule has 0 radical (unpaired) electrons. The van der Waals surface area contributed by atoms with Crippen LogP contribution in [-0.2, 0) is 32.5 Å². The normalized spacial score (nSPS) is 14.6. The molecule has 0 spiro atoms. The highest BCUT2D eigenvalue weighted by molar-refractivity contribution is 7.25. The summed E-state index contributed by atoms with van der Waals surface area (Å²) in [4.78, 5) is 31.6. The maximum Gasteiger partial charge on any atom is 0.136 e. The monoisotopic (exact) mass is 1820 g/mol. The molecule has 0 aliphatic heterocycles. The van der Waals surface area contributed by atoms with Gasteiger partial charge in [-0.2, -0.15) is 0 Å². The van der Waals surface area contributed by atoms with Crippen molar-refractivity contribution in [3.05, 3.63) is 446 Å². The molecule has 26 rings (SSSR count). The number of para-hydroxylation sites is 7. The first-order valence-corrected chi connectivity index (χ1v) is 49.6. The third-order valence-corrected chi connectivity index (χ3v) is 33.3. The molecular weight excluding hydrogens is 1720 g/mol. The van der Waals surface area contributed by atoms with E-state index < -0.39 is 0 Å². The lowest BCUT2D eigenvalue weighted by atomic mass is 9.55. The molecule has 0 unspecified atom stereocenters. The molecule has 0 saturated carbocycles. The second-order valence-corrected chi connectivity index (χ2v) is 42.3. The number of aromatic nitrogens is 6. The summed E-state index contributed by atoms with van der Waals surface area (Å²) >= 11 is 1.84. The summed E-state index contributed by atoms with van der Waals surface area (Å²) in [6.07, 6.45) is 0. The summed E-state index contributed by atoms with van der Waals surface area (Å²) < 4.78 is 8.87. The molecule has 7 nitrogen and oxygen atoms in total. The van der Waals surface area contributed by atoms with Crippen LogP contribution in [0.3, 0.4) is 0 Å². The second-order valence-electron chi connectivity index (χ2n) is 41.2. The van der Waals surface area contributed by atoms with Crippen LogP contribution in [0.15, 0.2) is 417 Å². The quantitative estimate of drug-likeness (QED) is 0.135. The van der Waals surface area contributed by atoms with Gasteiger partial charge in [-0.3, -0.25) is 0 Å². The molecule has 0 saturated heterocycles. The van der Waals surface area contributed by atoms with Gasteiger partial charge in [0.2, 0.25) is 0 Å². The number of furan rings is 1. The van der Waals surface area contributed by atoms with Crippen LogP contribution in [0.4, 0.5) is 0 Å². The number of nitrogens with zero attached hydrogens (tertiary/aromatic N) is 6. The molecule has 0 bridgehead atoms. The zero-order valence-electron chi connectivity index (χ0n) is 80.8. The van der Waals surface area contributed by atoms with E-state index in [0.717, 1.165) is 123 Å². The Morgan fingerprint density at radius 2 is 0.386 bits per heavy atom. The van der Waals surface area contributed by atoms with E-state index >= 15 is 0 Å². The lowest BCUT2D eigenvalue weighted by Gasteiger charge is -2.48. The SMILES string of the molecule is CC1(C)c2cc(-c3ccccc3)ccc2-c2ccc(-c3nc4ccccc4nc3-c3ccc(-c4ccccc4)cc3)cc2C1(C)C.CC1(C)c2cc(-c3ccccc3)ccc2-c2ccc(-c3nc4ccccc4nc3-c3ccc4c(c3)oc3ccccc34)cc2C1(C)C.CC1(C)c2cc(-c3ccccc3)ccc2-c2ccc(-c3nc4ccccc4nc3-c3ccc4c(c3)sc3ccccc34)cc2C1(C)C. The van der Waals surface area contributed by atoms with E-state index in [2.05, 4.69) is 429 Å². The molecule has 5 aromatic heterocycles. The number of hydrogen-bond acceptors (Lipinski definition) is 8. The van der Waals surface area contributed by atoms with Crippen molar-refractivity contribution >= 4 is 86.5 Å². The summed E-state index contributed by atoms with van der Waals surface area (Å²) in [5, 5.41) is 4.82. The first kappa shape index (κ1) is 86.8. The summed E-state index contributed by atoms with van der Waals surface area (Å²) in [7, 11) is 0. The summed E-state index contributed by atoms with van der Waals surface area (Å²) in [6, 6.07) is 148. The molecule has 3 aliphatic rings. The molecule has 674 valence electrons. The smallest absolute Gasteiger partial charge is 0.136 e. The average molecular weight is 1820 g/mol. The van der Waals surface area contributed by atoms with Gasteiger partial charge in [0.1, 0.15) is 11.2 Å². The Labute approximate surface area is 821 Å². The molecule has 18 aromatic carbocycles. The summed E-state index contributed by atoms with van der Waals surface area (Å²) in [5.41, 5.74) is 44.0. The first-order valence-electron chi connectivity index (χ1n) is 48.8. The molecule has 0 atom stereocenters. The fraction of sp³-hybridized carbons (Fsp3) is 0.136. The highest BCUT2D eigenvalue weighted by Crippen LogP contribution is 2.60. The van der Waals surface area contributed by atoms with Gasteiger partial charge in [0.15, 0.2) is 0 Å². The molecule has 8 heteroatoms. The van der Waals surface area contributed by atoms with Crippen molar-refractivity contribution in [1.82, 2.24) is 29.9 Å². The minimum absolute atomic E-state index is 0.107. The van der Waals surface area contributed by atoms with Crippen molar-refractivity contribution in [3.8, 4) is 145 Å². The van der Waals surface area contributed by atoms with Crippen LogP contribution in [0.1, 0.15) is 116 Å². The van der Waals surface area contributed by atoms with Gasteiger partial charge in [-0.1, -0.05) is 392 Å². The average Bonchev–Trinajstić information content (AvgIpc) is 0.754. The van der Waals surface area contributed by atoms with E-state index in [1.165, 1.54) is 131 Å². The van der Waals surface area contributed by atoms with Crippen LogP contribution in [0.2, 0.25) is 0 Å². The largest absolute Gasteiger partial charge is 0.456 e. The molecular formula is C132H104N6OS. The van der Waals surface area contributed by atoms with Crippen LogP contribution >= 0.6 is 11.3 Å². The van der Waals surface area contributed by atoms with Crippen molar-refractivity contribution < 1.29 is 4.42 Å². The van der Waals surface area contributed by atoms with Crippen molar-refractivity contribution in [2.45, 2.75) is 116 Å². The number of rotatable bonds is 10. The standard InChI is InChI=1S/C44H34N2O.C44H34N2S.C44H36N2/c2*1-43(2)35-24-28(27-12-6-5-7-13-27)18-21-31(35)32-22-19-29(25-36(32)44(43,3)4)41-42(46-38-16-10-9-15-37(38)45-41)30-20-23-34-33-14-8-11-17-39(33)47-40(34)26-30;1-43(2)37-27-33(30-15-9-6-10-16-30)23-25-35(37)36-26-24-34(28-38(36)44(43,3)4)42-41(45-39-17-11-12-18-40(39)46-42)32-21-19-31(20-22-32)29-13-7-5-8-14-29/h2*5-26H,1-4H3;5-28H,1-4H3. The Hall–Kier alpha value is -16.0. The van der Waals surface area contributed by atoms with Gasteiger partial charge < -0.3 is 4.42 Å². The van der Waals surface area contributed by atoms with Gasteiger partial charge in [-0.15, -0.1) is 11.3 Å². The Bertz CT molecular complexity index is 8560. The van der Waals surface area contributed by atoms with Crippen molar-refractivity contribution in [2.75, 3.05) is 0 Å². The Morgan fingerprint density at radius 1 is 0.164 bits per heavy atom. The fourth-order valence-corrected chi connectivity index (χ4v) is 23.2. The topological polar surface area (TPSA) is 90.5 Å². The third-order valence-electron chi connectivity index (χ3n) is 32.1. The number of benzene rings is 18. The maximum atomic E-state index is 6.29. The predicted octanol–water partition coefficient (Wildman–Crippen LogP) is 35.5.